The molecule has 15 heavy (non-hydrogen) atoms. The topological polar surface area (TPSA) is 42.2 Å². The predicted molar refractivity (Wildman–Crippen MR) is 59.5 cm³/mol. The van der Waals surface area contributed by atoms with Gasteiger partial charge in [-0.3, -0.25) is 0 Å². The van der Waals surface area contributed by atoms with Gasteiger partial charge in [0, 0.05) is 11.1 Å². The first-order valence-corrected chi connectivity index (χ1v) is 5.48. The van der Waals surface area contributed by atoms with Crippen molar-refractivity contribution in [2.24, 2.45) is 0 Å². The molecule has 2 rings (SSSR count). The van der Waals surface area contributed by atoms with E-state index in [1.165, 1.54) is 10.4 Å². The molecule has 0 unspecified atom stereocenters. The number of thiophene rings is 1. The van der Waals surface area contributed by atoms with Crippen LogP contribution in [-0.2, 0) is 6.54 Å². The Balaban J connectivity index is 2.28. The Hall–Kier alpha value is -1.55. The fourth-order valence-corrected chi connectivity index (χ4v) is 2.37. The number of hydrogen-bond acceptors (Lipinski definition) is 2. The number of aromatic carboxylic acids is 1. The van der Waals surface area contributed by atoms with E-state index in [2.05, 4.69) is 0 Å². The summed E-state index contributed by atoms with van der Waals surface area (Å²) >= 11 is 1.65. The number of nitrogens with zero attached hydrogens (tertiary/aromatic N) is 1. The van der Waals surface area contributed by atoms with E-state index in [0.717, 1.165) is 0 Å². The highest BCUT2D eigenvalue weighted by atomic mass is 32.1. The van der Waals surface area contributed by atoms with Crippen LogP contribution in [-0.4, -0.2) is 15.6 Å². The van der Waals surface area contributed by atoms with Gasteiger partial charge in [-0.15, -0.1) is 11.3 Å². The Morgan fingerprint density at radius 1 is 1.53 bits per heavy atom. The second kappa shape index (κ2) is 3.90. The van der Waals surface area contributed by atoms with Gasteiger partial charge in [-0.25, -0.2) is 4.79 Å². The van der Waals surface area contributed by atoms with Crippen LogP contribution in [0, 0.1) is 6.92 Å². The average molecular weight is 221 g/mol. The molecular weight excluding hydrogens is 210 g/mol. The molecular formula is C11H11NO2S. The third-order valence-electron chi connectivity index (χ3n) is 2.33. The van der Waals surface area contributed by atoms with Crippen LogP contribution >= 0.6 is 11.3 Å². The van der Waals surface area contributed by atoms with Crippen molar-refractivity contribution in [1.29, 1.82) is 0 Å². The van der Waals surface area contributed by atoms with Gasteiger partial charge < -0.3 is 9.67 Å². The average Bonchev–Trinajstić information content (AvgIpc) is 2.77. The highest BCUT2D eigenvalue weighted by molar-refractivity contribution is 7.10. The summed E-state index contributed by atoms with van der Waals surface area (Å²) in [4.78, 5) is 12.1. The Morgan fingerprint density at radius 2 is 2.33 bits per heavy atom. The standard InChI is InChI=1S/C11H11NO2S/c1-8-4-6-15-10(8)7-12-5-2-3-9(12)11(13)14/h2-6H,7H2,1H3,(H,13,14). The first-order valence-electron chi connectivity index (χ1n) is 4.60. The molecule has 0 atom stereocenters. The van der Waals surface area contributed by atoms with Crippen molar-refractivity contribution >= 4 is 17.3 Å². The summed E-state index contributed by atoms with van der Waals surface area (Å²) in [5.41, 5.74) is 1.55. The third kappa shape index (κ3) is 1.94. The SMILES string of the molecule is Cc1ccsc1Cn1cccc1C(=O)O. The first kappa shape index (κ1) is 9.98. The number of aromatic nitrogens is 1. The number of carbonyl (C=O) groups is 1. The largest absolute Gasteiger partial charge is 0.477 e. The lowest BCUT2D eigenvalue weighted by Crippen LogP contribution is -2.08. The Kier molecular flexibility index (Phi) is 2.60. The molecule has 4 heteroatoms. The molecule has 0 aromatic carbocycles. The van der Waals surface area contributed by atoms with Crippen LogP contribution < -0.4 is 0 Å². The quantitative estimate of drug-likeness (QED) is 0.865. The van der Waals surface area contributed by atoms with E-state index in [0.29, 0.717) is 12.2 Å². The normalized spacial score (nSPS) is 10.5. The van der Waals surface area contributed by atoms with Gasteiger partial charge in [-0.2, -0.15) is 0 Å². The van der Waals surface area contributed by atoms with Gasteiger partial charge in [0.1, 0.15) is 5.69 Å². The monoisotopic (exact) mass is 221 g/mol. The highest BCUT2D eigenvalue weighted by Gasteiger charge is 2.09. The number of hydrogen-bond donors (Lipinski definition) is 1. The summed E-state index contributed by atoms with van der Waals surface area (Å²) in [6, 6.07) is 5.42. The molecule has 3 nitrogen and oxygen atoms in total. The Bertz CT molecular complexity index is 484. The maximum absolute atomic E-state index is 10.9. The summed E-state index contributed by atoms with van der Waals surface area (Å²) in [6.07, 6.45) is 1.79. The van der Waals surface area contributed by atoms with Crippen molar-refractivity contribution in [1.82, 2.24) is 4.57 Å². The lowest BCUT2D eigenvalue weighted by atomic mass is 10.3. The summed E-state index contributed by atoms with van der Waals surface area (Å²) in [7, 11) is 0. The minimum absolute atomic E-state index is 0.336. The van der Waals surface area contributed by atoms with Crippen LogP contribution in [0.15, 0.2) is 29.8 Å². The van der Waals surface area contributed by atoms with Crippen molar-refractivity contribution < 1.29 is 9.90 Å². The van der Waals surface area contributed by atoms with Crippen LogP contribution in [0.5, 0.6) is 0 Å². The molecule has 0 saturated heterocycles. The van der Waals surface area contributed by atoms with Gasteiger partial charge in [-0.1, -0.05) is 0 Å². The molecule has 0 aliphatic carbocycles. The summed E-state index contributed by atoms with van der Waals surface area (Å²) in [6.45, 7) is 2.67. The molecule has 2 heterocycles. The maximum Gasteiger partial charge on any atom is 0.352 e. The van der Waals surface area contributed by atoms with Gasteiger partial charge in [0.05, 0.1) is 6.54 Å². The van der Waals surface area contributed by atoms with E-state index in [4.69, 9.17) is 5.11 Å². The van der Waals surface area contributed by atoms with Crippen LogP contribution in [0.2, 0.25) is 0 Å². The molecule has 0 aliphatic rings. The maximum atomic E-state index is 10.9. The second-order valence-electron chi connectivity index (χ2n) is 3.35. The van der Waals surface area contributed by atoms with Crippen molar-refractivity contribution in [2.75, 3.05) is 0 Å². The Labute approximate surface area is 91.6 Å². The number of carboxylic acid groups (broad SMARTS) is 1. The molecule has 0 radical (unpaired) electrons. The molecule has 0 aliphatic heterocycles. The van der Waals surface area contributed by atoms with Crippen molar-refractivity contribution in [3.05, 3.63) is 45.9 Å². The Morgan fingerprint density at radius 3 is 2.93 bits per heavy atom. The third-order valence-corrected chi connectivity index (χ3v) is 3.34. The second-order valence-corrected chi connectivity index (χ2v) is 4.35. The zero-order chi connectivity index (χ0) is 10.8. The molecule has 2 aromatic heterocycles. The van der Waals surface area contributed by atoms with Gasteiger partial charge in [0.25, 0.3) is 0 Å². The van der Waals surface area contributed by atoms with Crippen LogP contribution in [0.25, 0.3) is 0 Å². The van der Waals surface area contributed by atoms with Gasteiger partial charge in [-0.05, 0) is 36.1 Å². The summed E-state index contributed by atoms with van der Waals surface area (Å²) in [5, 5.41) is 11.0. The number of aryl methyl sites for hydroxylation is 1. The summed E-state index contributed by atoms with van der Waals surface area (Å²) < 4.78 is 1.75. The predicted octanol–water partition coefficient (Wildman–Crippen LogP) is 2.60. The molecule has 2 aromatic rings. The van der Waals surface area contributed by atoms with Gasteiger partial charge in [0.15, 0.2) is 0 Å². The van der Waals surface area contributed by atoms with E-state index in [-0.39, 0.29) is 0 Å². The van der Waals surface area contributed by atoms with E-state index in [1.807, 2.05) is 18.4 Å². The lowest BCUT2D eigenvalue weighted by molar-refractivity contribution is 0.0686. The fraction of sp³-hybridized carbons (Fsp3) is 0.182. The number of carboxylic acids is 1. The zero-order valence-electron chi connectivity index (χ0n) is 8.30. The molecule has 0 saturated carbocycles. The van der Waals surface area contributed by atoms with Crippen molar-refractivity contribution in [3.8, 4) is 0 Å². The fourth-order valence-electron chi connectivity index (χ4n) is 1.47. The lowest BCUT2D eigenvalue weighted by Gasteiger charge is -2.05. The number of rotatable bonds is 3. The van der Waals surface area contributed by atoms with Crippen LogP contribution in [0.1, 0.15) is 20.9 Å². The molecule has 0 amide bonds. The van der Waals surface area contributed by atoms with Gasteiger partial charge >= 0.3 is 5.97 Å². The van der Waals surface area contributed by atoms with E-state index in [9.17, 15) is 4.79 Å². The van der Waals surface area contributed by atoms with E-state index < -0.39 is 5.97 Å². The molecule has 78 valence electrons. The van der Waals surface area contributed by atoms with E-state index in [1.54, 1.807) is 34.2 Å². The summed E-state index contributed by atoms with van der Waals surface area (Å²) in [5.74, 6) is -0.880. The zero-order valence-corrected chi connectivity index (χ0v) is 9.12. The molecule has 1 N–H and O–H groups in total. The van der Waals surface area contributed by atoms with E-state index >= 15 is 0 Å². The smallest absolute Gasteiger partial charge is 0.352 e. The van der Waals surface area contributed by atoms with Gasteiger partial charge in [0.2, 0.25) is 0 Å². The van der Waals surface area contributed by atoms with Crippen LogP contribution in [0.4, 0.5) is 0 Å². The molecule has 0 bridgehead atoms. The van der Waals surface area contributed by atoms with Crippen LogP contribution in [0.3, 0.4) is 0 Å². The minimum Gasteiger partial charge on any atom is -0.477 e. The first-order chi connectivity index (χ1) is 7.18. The minimum atomic E-state index is -0.880. The highest BCUT2D eigenvalue weighted by Crippen LogP contribution is 2.18. The molecule has 0 fully saturated rings. The molecule has 0 spiro atoms. The van der Waals surface area contributed by atoms with Crippen molar-refractivity contribution in [3.63, 3.8) is 0 Å². The van der Waals surface area contributed by atoms with Crippen molar-refractivity contribution in [2.45, 2.75) is 13.5 Å².